The molecule has 0 bridgehead atoms. The Morgan fingerprint density at radius 2 is 1.72 bits per heavy atom. The van der Waals surface area contributed by atoms with E-state index in [1.807, 2.05) is 0 Å². The fraction of sp³-hybridized carbons (Fsp3) is 0.136. The molecule has 0 fully saturated rings. The van der Waals surface area contributed by atoms with Gasteiger partial charge in [0.2, 0.25) is 0 Å². The summed E-state index contributed by atoms with van der Waals surface area (Å²) in [4.78, 5) is 36.3. The largest absolute Gasteiger partial charge is 0.497 e. The second-order valence-electron chi connectivity index (χ2n) is 6.14. The summed E-state index contributed by atoms with van der Waals surface area (Å²) in [7, 11) is 1.55. The predicted octanol–water partition coefficient (Wildman–Crippen LogP) is 2.88. The third-order valence-electron chi connectivity index (χ3n) is 4.33. The van der Waals surface area contributed by atoms with Crippen molar-refractivity contribution in [3.8, 4) is 5.75 Å². The zero-order valence-corrected chi connectivity index (χ0v) is 15.9. The van der Waals surface area contributed by atoms with E-state index in [0.717, 1.165) is 0 Å². The highest BCUT2D eigenvalue weighted by Gasteiger charge is 2.33. The maximum atomic E-state index is 12.6. The molecule has 3 rings (SSSR count). The molecular weight excluding hydrogens is 374 g/mol. The van der Waals surface area contributed by atoms with Crippen LogP contribution in [0.5, 0.6) is 5.75 Å². The predicted molar refractivity (Wildman–Crippen MR) is 106 cm³/mol. The number of aromatic carboxylic acids is 1. The fourth-order valence-corrected chi connectivity index (χ4v) is 2.91. The summed E-state index contributed by atoms with van der Waals surface area (Å²) in [6.07, 6.45) is 1.53. The summed E-state index contributed by atoms with van der Waals surface area (Å²) in [5.41, 5.74) is 1.97. The molecule has 0 aromatic heterocycles. The summed E-state index contributed by atoms with van der Waals surface area (Å²) < 4.78 is 10.3. The fourth-order valence-electron chi connectivity index (χ4n) is 2.91. The summed E-state index contributed by atoms with van der Waals surface area (Å²) >= 11 is 0. The molecule has 2 aromatic carbocycles. The molecule has 2 N–H and O–H groups in total. The van der Waals surface area contributed by atoms with E-state index < -0.39 is 17.8 Å². The minimum absolute atomic E-state index is 0.128. The van der Waals surface area contributed by atoms with E-state index in [0.29, 0.717) is 22.6 Å². The van der Waals surface area contributed by atoms with Gasteiger partial charge in [-0.3, -0.25) is 4.79 Å². The van der Waals surface area contributed by atoms with E-state index in [2.05, 4.69) is 5.32 Å². The van der Waals surface area contributed by atoms with Crippen molar-refractivity contribution in [2.75, 3.05) is 13.7 Å². The van der Waals surface area contributed by atoms with Crippen LogP contribution in [0.3, 0.4) is 0 Å². The van der Waals surface area contributed by atoms with Crippen LogP contribution in [0.2, 0.25) is 0 Å². The molecule has 148 valence electrons. The first-order valence-corrected chi connectivity index (χ1v) is 8.87. The Labute approximate surface area is 167 Å². The molecule has 0 radical (unpaired) electrons. The molecule has 1 aliphatic heterocycles. The van der Waals surface area contributed by atoms with Crippen LogP contribution in [-0.2, 0) is 14.3 Å². The lowest BCUT2D eigenvalue weighted by atomic mass is 10.0. The van der Waals surface area contributed by atoms with Gasteiger partial charge in [0.1, 0.15) is 5.75 Å². The highest BCUT2D eigenvalue weighted by atomic mass is 16.5. The van der Waals surface area contributed by atoms with Crippen LogP contribution in [0.1, 0.15) is 28.4 Å². The average molecular weight is 393 g/mol. The van der Waals surface area contributed by atoms with Crippen molar-refractivity contribution in [2.45, 2.75) is 6.92 Å². The molecule has 0 atom stereocenters. The number of methoxy groups -OCH3 is 1. The van der Waals surface area contributed by atoms with Crippen molar-refractivity contribution in [2.24, 2.45) is 0 Å². The van der Waals surface area contributed by atoms with Crippen molar-refractivity contribution in [3.05, 3.63) is 76.4 Å². The Kier molecular flexibility index (Phi) is 5.78. The number of carbonyl (C=O) groups excluding carboxylic acids is 2. The first-order valence-electron chi connectivity index (χ1n) is 8.87. The van der Waals surface area contributed by atoms with E-state index in [-0.39, 0.29) is 23.3 Å². The van der Waals surface area contributed by atoms with Crippen molar-refractivity contribution >= 4 is 29.6 Å². The molecular formula is C22H19NO6. The number of hydrogen-bond acceptors (Lipinski definition) is 5. The van der Waals surface area contributed by atoms with E-state index in [1.54, 1.807) is 50.4 Å². The van der Waals surface area contributed by atoms with Gasteiger partial charge >= 0.3 is 11.9 Å². The number of amides is 1. The Bertz CT molecular complexity index is 1020. The summed E-state index contributed by atoms with van der Waals surface area (Å²) in [5.74, 6) is -1.46. The minimum atomic E-state index is -1.04. The summed E-state index contributed by atoms with van der Waals surface area (Å²) in [5, 5.41) is 11.8. The van der Waals surface area contributed by atoms with Crippen LogP contribution >= 0.6 is 0 Å². The Morgan fingerprint density at radius 3 is 2.28 bits per heavy atom. The second kappa shape index (κ2) is 8.43. The number of carboxylic acids is 1. The topological polar surface area (TPSA) is 102 Å². The van der Waals surface area contributed by atoms with Crippen LogP contribution in [-0.4, -0.2) is 36.7 Å². The molecule has 0 saturated carbocycles. The van der Waals surface area contributed by atoms with E-state index >= 15 is 0 Å². The zero-order chi connectivity index (χ0) is 21.0. The van der Waals surface area contributed by atoms with Gasteiger partial charge < -0.3 is 19.9 Å². The molecule has 0 spiro atoms. The highest BCUT2D eigenvalue weighted by molar-refractivity contribution is 6.23. The molecule has 2 aromatic rings. The quantitative estimate of drug-likeness (QED) is 0.578. The van der Waals surface area contributed by atoms with E-state index in [1.165, 1.54) is 18.2 Å². The van der Waals surface area contributed by atoms with Gasteiger partial charge in [-0.2, -0.15) is 0 Å². The standard InChI is InChI=1S/C22H19NO6/c1-3-29-22(27)18-17(12-13-4-6-15(7-5-13)21(25)26)20(24)23-19(18)14-8-10-16(28-2)11-9-14/h4-12H,3H2,1-2H3,(H,23,24)(H,25,26)/b17-12-. The Balaban J connectivity index is 2.08. The smallest absolute Gasteiger partial charge is 0.341 e. The Hall–Kier alpha value is -3.87. The molecule has 0 saturated heterocycles. The third kappa shape index (κ3) is 4.19. The van der Waals surface area contributed by atoms with Gasteiger partial charge in [-0.1, -0.05) is 12.1 Å². The number of benzene rings is 2. The molecule has 7 nitrogen and oxygen atoms in total. The number of rotatable bonds is 6. The maximum absolute atomic E-state index is 12.6. The number of esters is 1. The molecule has 1 amide bonds. The van der Waals surface area contributed by atoms with Crippen molar-refractivity contribution in [1.82, 2.24) is 5.32 Å². The van der Waals surface area contributed by atoms with Crippen molar-refractivity contribution < 1.29 is 29.0 Å². The van der Waals surface area contributed by atoms with Crippen molar-refractivity contribution in [3.63, 3.8) is 0 Å². The van der Waals surface area contributed by atoms with Gasteiger partial charge in [0.25, 0.3) is 5.91 Å². The van der Waals surface area contributed by atoms with Crippen LogP contribution in [0, 0.1) is 0 Å². The summed E-state index contributed by atoms with van der Waals surface area (Å²) in [6.45, 7) is 1.84. The van der Waals surface area contributed by atoms with Crippen molar-refractivity contribution in [1.29, 1.82) is 0 Å². The molecule has 1 heterocycles. The SMILES string of the molecule is CCOC(=O)C1=C(c2ccc(OC)cc2)NC(=O)/C1=C\c1ccc(C(=O)O)cc1. The number of ether oxygens (including phenoxy) is 2. The van der Waals surface area contributed by atoms with E-state index in [9.17, 15) is 14.4 Å². The normalized spacial score (nSPS) is 14.7. The van der Waals surface area contributed by atoms with Gasteiger partial charge in [-0.05, 0) is 60.5 Å². The van der Waals surface area contributed by atoms with Gasteiger partial charge in [0.05, 0.1) is 36.1 Å². The van der Waals surface area contributed by atoms with Gasteiger partial charge in [0.15, 0.2) is 0 Å². The highest BCUT2D eigenvalue weighted by Crippen LogP contribution is 2.31. The molecule has 7 heteroatoms. The van der Waals surface area contributed by atoms with Gasteiger partial charge in [-0.25, -0.2) is 9.59 Å². The zero-order valence-electron chi connectivity index (χ0n) is 15.9. The van der Waals surface area contributed by atoms with Crippen LogP contribution in [0.4, 0.5) is 0 Å². The van der Waals surface area contributed by atoms with Crippen LogP contribution in [0.15, 0.2) is 59.7 Å². The first-order chi connectivity index (χ1) is 13.9. The van der Waals surface area contributed by atoms with Crippen LogP contribution < -0.4 is 10.1 Å². The molecule has 0 aliphatic carbocycles. The first kappa shape index (κ1) is 19.9. The average Bonchev–Trinajstić information content (AvgIpc) is 3.05. The minimum Gasteiger partial charge on any atom is -0.497 e. The molecule has 29 heavy (non-hydrogen) atoms. The van der Waals surface area contributed by atoms with Gasteiger partial charge in [-0.15, -0.1) is 0 Å². The van der Waals surface area contributed by atoms with Crippen LogP contribution in [0.25, 0.3) is 11.8 Å². The third-order valence-corrected chi connectivity index (χ3v) is 4.33. The molecule has 0 unspecified atom stereocenters. The Morgan fingerprint density at radius 1 is 1.07 bits per heavy atom. The number of hydrogen-bond donors (Lipinski definition) is 2. The lowest BCUT2D eigenvalue weighted by molar-refractivity contribution is -0.138. The summed E-state index contributed by atoms with van der Waals surface area (Å²) in [6, 6.07) is 12.9. The monoisotopic (exact) mass is 393 g/mol. The molecule has 1 aliphatic rings. The van der Waals surface area contributed by atoms with E-state index in [4.69, 9.17) is 14.6 Å². The van der Waals surface area contributed by atoms with Gasteiger partial charge in [0, 0.05) is 0 Å². The number of nitrogens with one attached hydrogen (secondary N) is 1. The lowest BCUT2D eigenvalue weighted by Gasteiger charge is -2.08. The number of carbonyl (C=O) groups is 3. The lowest BCUT2D eigenvalue weighted by Crippen LogP contribution is -2.15. The maximum Gasteiger partial charge on any atom is 0.341 e. The number of carboxylic acid groups (broad SMARTS) is 1. The second-order valence-corrected chi connectivity index (χ2v) is 6.14.